The summed E-state index contributed by atoms with van der Waals surface area (Å²) in [6.45, 7) is 6.93. The summed E-state index contributed by atoms with van der Waals surface area (Å²) in [5.74, 6) is 0.118. The first-order valence-electron chi connectivity index (χ1n) is 6.48. The van der Waals surface area contributed by atoms with E-state index in [1.54, 1.807) is 0 Å². The Morgan fingerprint density at radius 3 is 2.81 bits per heavy atom. The number of hydrogen-bond donors (Lipinski definition) is 2. The molecule has 0 spiro atoms. The van der Waals surface area contributed by atoms with E-state index < -0.39 is 0 Å². The van der Waals surface area contributed by atoms with Crippen molar-refractivity contribution >= 4 is 5.91 Å². The summed E-state index contributed by atoms with van der Waals surface area (Å²) in [4.78, 5) is 14.1. The van der Waals surface area contributed by atoms with Crippen molar-refractivity contribution in [2.24, 2.45) is 0 Å². The van der Waals surface area contributed by atoms with Gasteiger partial charge in [0.15, 0.2) is 0 Å². The minimum absolute atomic E-state index is 0.0656. The third-order valence-electron chi connectivity index (χ3n) is 3.51. The van der Waals surface area contributed by atoms with E-state index in [2.05, 4.69) is 15.5 Å². The van der Waals surface area contributed by atoms with E-state index in [9.17, 15) is 4.79 Å². The third kappa shape index (κ3) is 2.95. The van der Waals surface area contributed by atoms with Crippen molar-refractivity contribution in [2.45, 2.75) is 51.2 Å². The Morgan fingerprint density at radius 2 is 2.19 bits per heavy atom. The van der Waals surface area contributed by atoms with Crippen molar-refractivity contribution < 1.29 is 4.79 Å². The number of rotatable bonds is 5. The number of carbonyl (C=O) groups is 1. The van der Waals surface area contributed by atoms with E-state index in [1.807, 2.05) is 13.8 Å². The topological polar surface area (TPSA) is 44.4 Å². The summed E-state index contributed by atoms with van der Waals surface area (Å²) in [5.41, 5.74) is 0. The molecule has 16 heavy (non-hydrogen) atoms. The molecular weight excluding hydrogens is 202 g/mol. The number of amides is 1. The minimum Gasteiger partial charge on any atom is -0.355 e. The van der Waals surface area contributed by atoms with E-state index in [0.29, 0.717) is 12.6 Å². The molecule has 2 N–H and O–H groups in total. The highest BCUT2D eigenvalue weighted by Crippen LogP contribution is 2.29. The second-order valence-corrected chi connectivity index (χ2v) is 4.99. The zero-order chi connectivity index (χ0) is 11.5. The van der Waals surface area contributed by atoms with Crippen LogP contribution in [0.3, 0.4) is 0 Å². The van der Waals surface area contributed by atoms with Crippen LogP contribution in [0.5, 0.6) is 0 Å². The molecule has 4 heteroatoms. The lowest BCUT2D eigenvalue weighted by atomic mass is 10.2. The van der Waals surface area contributed by atoms with Crippen LogP contribution in [0.1, 0.15) is 33.1 Å². The van der Waals surface area contributed by atoms with Crippen LogP contribution in [-0.4, -0.2) is 48.6 Å². The Kier molecular flexibility index (Phi) is 3.82. The Hall–Kier alpha value is -0.610. The third-order valence-corrected chi connectivity index (χ3v) is 3.51. The second kappa shape index (κ2) is 5.15. The van der Waals surface area contributed by atoms with Gasteiger partial charge in [0.25, 0.3) is 0 Å². The maximum atomic E-state index is 11.6. The molecule has 1 heterocycles. The van der Waals surface area contributed by atoms with E-state index in [4.69, 9.17) is 0 Å². The average Bonchev–Trinajstić information content (AvgIpc) is 3.01. The highest BCUT2D eigenvalue weighted by Gasteiger charge is 2.34. The summed E-state index contributed by atoms with van der Waals surface area (Å²) < 4.78 is 0. The summed E-state index contributed by atoms with van der Waals surface area (Å²) in [6.07, 6.45) is 3.93. The van der Waals surface area contributed by atoms with Gasteiger partial charge in [-0.25, -0.2) is 0 Å². The van der Waals surface area contributed by atoms with Crippen molar-refractivity contribution in [1.29, 1.82) is 0 Å². The molecule has 2 fully saturated rings. The molecule has 2 rings (SSSR count). The molecule has 4 nitrogen and oxygen atoms in total. The molecule has 0 aromatic rings. The predicted molar refractivity (Wildman–Crippen MR) is 64.3 cm³/mol. The summed E-state index contributed by atoms with van der Waals surface area (Å²) in [6, 6.07) is 1.29. The van der Waals surface area contributed by atoms with E-state index in [1.165, 1.54) is 25.8 Å². The van der Waals surface area contributed by atoms with E-state index in [-0.39, 0.29) is 11.9 Å². The lowest BCUT2D eigenvalue weighted by Crippen LogP contribution is -2.47. The molecule has 1 amide bonds. The highest BCUT2D eigenvalue weighted by molar-refractivity contribution is 5.81. The molecule has 0 aromatic heterocycles. The Bertz CT molecular complexity index is 253. The zero-order valence-electron chi connectivity index (χ0n) is 10.3. The van der Waals surface area contributed by atoms with Gasteiger partial charge in [0.05, 0.1) is 6.04 Å². The minimum atomic E-state index is -0.0656. The van der Waals surface area contributed by atoms with Gasteiger partial charge in [-0.3, -0.25) is 9.69 Å². The fourth-order valence-electron chi connectivity index (χ4n) is 2.45. The summed E-state index contributed by atoms with van der Waals surface area (Å²) in [5, 5.41) is 6.27. The van der Waals surface area contributed by atoms with Gasteiger partial charge in [-0.15, -0.1) is 0 Å². The van der Waals surface area contributed by atoms with Crippen LogP contribution in [0, 0.1) is 0 Å². The first kappa shape index (κ1) is 11.9. The summed E-state index contributed by atoms with van der Waals surface area (Å²) in [7, 11) is 0. The second-order valence-electron chi connectivity index (χ2n) is 4.99. The molecule has 1 aliphatic carbocycles. The molecule has 1 aliphatic heterocycles. The quantitative estimate of drug-likeness (QED) is 0.709. The number of nitrogens with one attached hydrogen (secondary N) is 2. The Balaban J connectivity index is 1.71. The molecule has 1 saturated carbocycles. The van der Waals surface area contributed by atoms with Gasteiger partial charge >= 0.3 is 0 Å². The van der Waals surface area contributed by atoms with Crippen molar-refractivity contribution in [1.82, 2.24) is 15.5 Å². The fourth-order valence-corrected chi connectivity index (χ4v) is 2.45. The van der Waals surface area contributed by atoms with Crippen molar-refractivity contribution in [3.63, 3.8) is 0 Å². The van der Waals surface area contributed by atoms with Crippen molar-refractivity contribution in [3.8, 4) is 0 Å². The fraction of sp³-hybridized carbons (Fsp3) is 0.917. The molecule has 1 saturated heterocycles. The number of carbonyl (C=O) groups excluding carboxylic acids is 1. The maximum Gasteiger partial charge on any atom is 0.236 e. The van der Waals surface area contributed by atoms with Crippen molar-refractivity contribution in [2.75, 3.05) is 19.6 Å². The zero-order valence-corrected chi connectivity index (χ0v) is 10.3. The maximum absolute atomic E-state index is 11.6. The SMILES string of the molecule is CCNC(=O)C(C)NC1CCN(C2CC2)C1. The van der Waals surface area contributed by atoms with Crippen LogP contribution in [0.4, 0.5) is 0 Å². The van der Waals surface area contributed by atoms with Gasteiger partial charge < -0.3 is 10.6 Å². The molecular formula is C12H23N3O. The molecule has 0 bridgehead atoms. The highest BCUT2D eigenvalue weighted by atomic mass is 16.2. The van der Waals surface area contributed by atoms with Gasteiger partial charge in [-0.1, -0.05) is 0 Å². The normalized spacial score (nSPS) is 28.0. The smallest absolute Gasteiger partial charge is 0.236 e. The van der Waals surface area contributed by atoms with Crippen LogP contribution >= 0.6 is 0 Å². The van der Waals surface area contributed by atoms with E-state index in [0.717, 1.165) is 12.6 Å². The predicted octanol–water partition coefficient (Wildman–Crippen LogP) is 0.337. The van der Waals surface area contributed by atoms with Gasteiger partial charge in [-0.05, 0) is 33.1 Å². The van der Waals surface area contributed by atoms with Crippen LogP contribution < -0.4 is 10.6 Å². The molecule has 2 unspecified atom stereocenters. The Labute approximate surface area is 97.8 Å². The number of nitrogens with zero attached hydrogens (tertiary/aromatic N) is 1. The first-order chi connectivity index (χ1) is 7.70. The average molecular weight is 225 g/mol. The molecule has 0 radical (unpaired) electrons. The molecule has 0 aromatic carbocycles. The number of likely N-dealkylation sites (tertiary alicyclic amines) is 1. The number of hydrogen-bond acceptors (Lipinski definition) is 3. The van der Waals surface area contributed by atoms with Gasteiger partial charge in [0.1, 0.15) is 0 Å². The standard InChI is InChI=1S/C12H23N3O/c1-3-13-12(16)9(2)14-10-6-7-15(8-10)11-4-5-11/h9-11,14H,3-8H2,1-2H3,(H,13,16). The van der Waals surface area contributed by atoms with Gasteiger partial charge in [0, 0.05) is 31.7 Å². The van der Waals surface area contributed by atoms with Crippen LogP contribution in [-0.2, 0) is 4.79 Å². The lowest BCUT2D eigenvalue weighted by Gasteiger charge is -2.19. The summed E-state index contributed by atoms with van der Waals surface area (Å²) >= 11 is 0. The van der Waals surface area contributed by atoms with Crippen LogP contribution in [0.15, 0.2) is 0 Å². The first-order valence-corrected chi connectivity index (χ1v) is 6.48. The van der Waals surface area contributed by atoms with Gasteiger partial charge in [0.2, 0.25) is 5.91 Å². The largest absolute Gasteiger partial charge is 0.355 e. The lowest BCUT2D eigenvalue weighted by molar-refractivity contribution is -0.122. The molecule has 92 valence electrons. The van der Waals surface area contributed by atoms with Crippen molar-refractivity contribution in [3.05, 3.63) is 0 Å². The van der Waals surface area contributed by atoms with Crippen LogP contribution in [0.2, 0.25) is 0 Å². The Morgan fingerprint density at radius 1 is 1.44 bits per heavy atom. The van der Waals surface area contributed by atoms with E-state index >= 15 is 0 Å². The molecule has 2 aliphatic rings. The number of likely N-dealkylation sites (N-methyl/N-ethyl adjacent to an activating group) is 1. The van der Waals surface area contributed by atoms with Gasteiger partial charge in [-0.2, -0.15) is 0 Å². The molecule has 2 atom stereocenters. The monoisotopic (exact) mass is 225 g/mol. The van der Waals surface area contributed by atoms with Crippen LogP contribution in [0.25, 0.3) is 0 Å².